The topological polar surface area (TPSA) is 27.1 Å². The Morgan fingerprint density at radius 2 is 1.63 bits per heavy atom. The van der Waals surface area contributed by atoms with Crippen LogP contribution in [0.3, 0.4) is 0 Å². The standard InChI is InChI=1S/C24H24N2O/c1-17-12-13-19(3)23(16-17)27-15-14-26-22-11-7-6-10-21(22)25-24(26)20-9-5-4-8-18(20)2/h4-13,16H,14-15H2,1-3H3. The summed E-state index contributed by atoms with van der Waals surface area (Å²) in [4.78, 5) is 4.91. The van der Waals surface area contributed by atoms with Crippen molar-refractivity contribution < 1.29 is 4.74 Å². The Labute approximate surface area is 160 Å². The molecule has 27 heavy (non-hydrogen) atoms. The van der Waals surface area contributed by atoms with Gasteiger partial charge in [0.15, 0.2) is 0 Å². The molecule has 0 bridgehead atoms. The van der Waals surface area contributed by atoms with Gasteiger partial charge in [-0.15, -0.1) is 0 Å². The van der Waals surface area contributed by atoms with E-state index in [1.807, 2.05) is 6.07 Å². The molecule has 0 fully saturated rings. The SMILES string of the molecule is Cc1ccc(C)c(OCCn2c(-c3ccccc3C)nc3ccccc32)c1. The van der Waals surface area contributed by atoms with Gasteiger partial charge in [-0.05, 0) is 55.7 Å². The summed E-state index contributed by atoms with van der Waals surface area (Å²) < 4.78 is 8.38. The molecule has 0 saturated carbocycles. The first-order valence-corrected chi connectivity index (χ1v) is 9.35. The average molecular weight is 356 g/mol. The molecule has 1 aromatic heterocycles. The van der Waals surface area contributed by atoms with E-state index in [9.17, 15) is 0 Å². The van der Waals surface area contributed by atoms with Gasteiger partial charge in [-0.1, -0.05) is 48.5 Å². The summed E-state index contributed by atoms with van der Waals surface area (Å²) >= 11 is 0. The lowest BCUT2D eigenvalue weighted by atomic mass is 10.1. The van der Waals surface area contributed by atoms with E-state index in [1.165, 1.54) is 16.7 Å². The summed E-state index contributed by atoms with van der Waals surface area (Å²) in [6.07, 6.45) is 0. The largest absolute Gasteiger partial charge is 0.491 e. The predicted octanol–water partition coefficient (Wildman–Crippen LogP) is 5.71. The number of benzene rings is 3. The fourth-order valence-corrected chi connectivity index (χ4v) is 3.44. The molecular weight excluding hydrogens is 332 g/mol. The quantitative estimate of drug-likeness (QED) is 0.458. The number of nitrogens with zero attached hydrogens (tertiary/aromatic N) is 2. The van der Waals surface area contributed by atoms with Crippen LogP contribution in [0.15, 0.2) is 66.7 Å². The predicted molar refractivity (Wildman–Crippen MR) is 111 cm³/mol. The molecule has 136 valence electrons. The summed E-state index contributed by atoms with van der Waals surface area (Å²) in [5.74, 6) is 1.95. The first-order valence-electron chi connectivity index (χ1n) is 9.35. The third-order valence-electron chi connectivity index (χ3n) is 4.96. The van der Waals surface area contributed by atoms with Crippen LogP contribution in [0.4, 0.5) is 0 Å². The highest BCUT2D eigenvalue weighted by atomic mass is 16.5. The number of rotatable bonds is 5. The van der Waals surface area contributed by atoms with Crippen molar-refractivity contribution in [2.45, 2.75) is 27.3 Å². The minimum absolute atomic E-state index is 0.601. The van der Waals surface area contributed by atoms with Gasteiger partial charge in [-0.2, -0.15) is 0 Å². The Balaban J connectivity index is 1.67. The summed E-state index contributed by atoms with van der Waals surface area (Å²) in [5, 5.41) is 0. The van der Waals surface area contributed by atoms with Gasteiger partial charge in [0, 0.05) is 5.56 Å². The Morgan fingerprint density at radius 1 is 0.852 bits per heavy atom. The first-order chi connectivity index (χ1) is 13.1. The Kier molecular flexibility index (Phi) is 4.68. The summed E-state index contributed by atoms with van der Waals surface area (Å²) in [5.41, 5.74) is 6.92. The van der Waals surface area contributed by atoms with E-state index in [2.05, 4.69) is 86.0 Å². The molecular formula is C24H24N2O. The monoisotopic (exact) mass is 356 g/mol. The van der Waals surface area contributed by atoms with E-state index >= 15 is 0 Å². The van der Waals surface area contributed by atoms with Crippen LogP contribution < -0.4 is 4.74 Å². The number of ether oxygens (including phenoxy) is 1. The van der Waals surface area contributed by atoms with Gasteiger partial charge in [0.2, 0.25) is 0 Å². The molecule has 0 aliphatic carbocycles. The van der Waals surface area contributed by atoms with E-state index in [4.69, 9.17) is 9.72 Å². The van der Waals surface area contributed by atoms with Gasteiger partial charge < -0.3 is 9.30 Å². The number of hydrogen-bond donors (Lipinski definition) is 0. The van der Waals surface area contributed by atoms with Crippen LogP contribution in [0.1, 0.15) is 16.7 Å². The van der Waals surface area contributed by atoms with Crippen molar-refractivity contribution in [1.29, 1.82) is 0 Å². The van der Waals surface area contributed by atoms with Gasteiger partial charge in [0.1, 0.15) is 18.2 Å². The second kappa shape index (κ2) is 7.28. The van der Waals surface area contributed by atoms with Crippen molar-refractivity contribution in [2.75, 3.05) is 6.61 Å². The maximum Gasteiger partial charge on any atom is 0.141 e. The fraction of sp³-hybridized carbons (Fsp3) is 0.208. The molecule has 4 aromatic rings. The molecule has 3 aromatic carbocycles. The number of imidazole rings is 1. The number of aryl methyl sites for hydroxylation is 3. The van der Waals surface area contributed by atoms with Gasteiger partial charge in [-0.3, -0.25) is 0 Å². The number of fused-ring (bicyclic) bond motifs is 1. The van der Waals surface area contributed by atoms with Crippen LogP contribution in [0.2, 0.25) is 0 Å². The molecule has 0 saturated heterocycles. The Hall–Kier alpha value is -3.07. The van der Waals surface area contributed by atoms with E-state index < -0.39 is 0 Å². The number of para-hydroxylation sites is 2. The van der Waals surface area contributed by atoms with Crippen LogP contribution in [0.25, 0.3) is 22.4 Å². The lowest BCUT2D eigenvalue weighted by molar-refractivity contribution is 0.299. The second-order valence-corrected chi connectivity index (χ2v) is 7.01. The maximum atomic E-state index is 6.11. The maximum absolute atomic E-state index is 6.11. The van der Waals surface area contributed by atoms with Crippen molar-refractivity contribution in [3.63, 3.8) is 0 Å². The molecule has 1 heterocycles. The fourth-order valence-electron chi connectivity index (χ4n) is 3.44. The van der Waals surface area contributed by atoms with E-state index in [1.54, 1.807) is 0 Å². The van der Waals surface area contributed by atoms with Gasteiger partial charge in [-0.25, -0.2) is 4.98 Å². The molecule has 3 heteroatoms. The molecule has 0 amide bonds. The number of hydrogen-bond acceptors (Lipinski definition) is 2. The van der Waals surface area contributed by atoms with Crippen molar-refractivity contribution in [2.24, 2.45) is 0 Å². The molecule has 0 spiro atoms. The molecule has 0 atom stereocenters. The van der Waals surface area contributed by atoms with Crippen molar-refractivity contribution in [1.82, 2.24) is 9.55 Å². The second-order valence-electron chi connectivity index (χ2n) is 7.01. The molecule has 0 radical (unpaired) electrons. The van der Waals surface area contributed by atoms with Crippen LogP contribution in [0, 0.1) is 20.8 Å². The average Bonchev–Trinajstić information content (AvgIpc) is 3.03. The highest BCUT2D eigenvalue weighted by Gasteiger charge is 2.14. The van der Waals surface area contributed by atoms with Crippen molar-refractivity contribution in [3.8, 4) is 17.1 Å². The van der Waals surface area contributed by atoms with E-state index in [-0.39, 0.29) is 0 Å². The van der Waals surface area contributed by atoms with Crippen molar-refractivity contribution in [3.05, 3.63) is 83.4 Å². The van der Waals surface area contributed by atoms with E-state index in [0.717, 1.165) is 34.7 Å². The Bertz CT molecular complexity index is 1090. The minimum Gasteiger partial charge on any atom is -0.491 e. The molecule has 4 rings (SSSR count). The van der Waals surface area contributed by atoms with Gasteiger partial charge in [0.25, 0.3) is 0 Å². The first kappa shape index (κ1) is 17.3. The smallest absolute Gasteiger partial charge is 0.141 e. The highest BCUT2D eigenvalue weighted by Crippen LogP contribution is 2.27. The highest BCUT2D eigenvalue weighted by molar-refractivity contribution is 5.81. The lowest BCUT2D eigenvalue weighted by Crippen LogP contribution is -2.10. The van der Waals surface area contributed by atoms with Crippen LogP contribution in [-0.2, 0) is 6.54 Å². The van der Waals surface area contributed by atoms with Crippen LogP contribution >= 0.6 is 0 Å². The van der Waals surface area contributed by atoms with Crippen LogP contribution in [-0.4, -0.2) is 16.2 Å². The lowest BCUT2D eigenvalue weighted by Gasteiger charge is -2.13. The van der Waals surface area contributed by atoms with Crippen LogP contribution in [0.5, 0.6) is 5.75 Å². The molecule has 0 unspecified atom stereocenters. The summed E-state index contributed by atoms with van der Waals surface area (Å²) in [6, 6.07) is 23.0. The zero-order valence-electron chi connectivity index (χ0n) is 16.1. The third-order valence-corrected chi connectivity index (χ3v) is 4.96. The molecule has 0 N–H and O–H groups in total. The van der Waals surface area contributed by atoms with Gasteiger partial charge >= 0.3 is 0 Å². The van der Waals surface area contributed by atoms with Gasteiger partial charge in [0.05, 0.1) is 17.6 Å². The molecule has 0 aliphatic heterocycles. The summed E-state index contributed by atoms with van der Waals surface area (Å²) in [6.45, 7) is 7.65. The molecule has 3 nitrogen and oxygen atoms in total. The number of aromatic nitrogens is 2. The zero-order valence-corrected chi connectivity index (χ0v) is 16.1. The zero-order chi connectivity index (χ0) is 18.8. The van der Waals surface area contributed by atoms with Crippen molar-refractivity contribution >= 4 is 11.0 Å². The minimum atomic E-state index is 0.601. The summed E-state index contributed by atoms with van der Waals surface area (Å²) in [7, 11) is 0. The molecule has 0 aliphatic rings. The Morgan fingerprint density at radius 3 is 2.48 bits per heavy atom. The van der Waals surface area contributed by atoms with E-state index in [0.29, 0.717) is 6.61 Å². The third kappa shape index (κ3) is 3.45. The normalized spacial score (nSPS) is 11.1.